The number of halogens is 2. The first kappa shape index (κ1) is 16.1. The van der Waals surface area contributed by atoms with Crippen LogP contribution in [0.3, 0.4) is 0 Å². The summed E-state index contributed by atoms with van der Waals surface area (Å²) in [6.07, 6.45) is 1.32. The van der Waals surface area contributed by atoms with Gasteiger partial charge in [-0.2, -0.15) is 0 Å². The molecule has 0 spiro atoms. The van der Waals surface area contributed by atoms with Crippen molar-refractivity contribution >= 4 is 0 Å². The predicted octanol–water partition coefficient (Wildman–Crippen LogP) is 4.17. The van der Waals surface area contributed by atoms with Crippen molar-refractivity contribution in [2.24, 2.45) is 11.3 Å². The first-order valence-electron chi connectivity index (χ1n) is 6.95. The van der Waals surface area contributed by atoms with Gasteiger partial charge in [-0.05, 0) is 49.4 Å². The molecule has 1 nitrogen and oxygen atoms in total. The summed E-state index contributed by atoms with van der Waals surface area (Å²) in [4.78, 5) is 0. The number of hydrogen-bond acceptors (Lipinski definition) is 1. The fourth-order valence-electron chi connectivity index (χ4n) is 2.09. The monoisotopic (exact) mass is 269 g/mol. The van der Waals surface area contributed by atoms with E-state index in [4.69, 9.17) is 0 Å². The minimum Gasteiger partial charge on any atom is -0.316 e. The Balaban J connectivity index is 2.54. The molecule has 0 fully saturated rings. The lowest BCUT2D eigenvalue weighted by Crippen LogP contribution is -2.27. The summed E-state index contributed by atoms with van der Waals surface area (Å²) >= 11 is 0. The van der Waals surface area contributed by atoms with E-state index in [0.717, 1.165) is 19.5 Å². The largest absolute Gasteiger partial charge is 0.316 e. The third-order valence-electron chi connectivity index (χ3n) is 3.25. The average molecular weight is 269 g/mol. The third-order valence-corrected chi connectivity index (χ3v) is 3.25. The molecule has 1 aromatic rings. The van der Waals surface area contributed by atoms with Crippen LogP contribution in [-0.4, -0.2) is 13.1 Å². The second-order valence-electron chi connectivity index (χ2n) is 6.39. The second kappa shape index (κ2) is 6.99. The Morgan fingerprint density at radius 3 is 2.26 bits per heavy atom. The van der Waals surface area contributed by atoms with E-state index >= 15 is 0 Å². The number of rotatable bonds is 7. The van der Waals surface area contributed by atoms with Gasteiger partial charge in [-0.15, -0.1) is 0 Å². The normalized spacial score (nSPS) is 12.2. The van der Waals surface area contributed by atoms with Crippen molar-refractivity contribution in [3.05, 3.63) is 35.4 Å². The first-order valence-corrected chi connectivity index (χ1v) is 6.95. The smallest absolute Gasteiger partial charge is 0.129 e. The van der Waals surface area contributed by atoms with Gasteiger partial charge in [-0.1, -0.05) is 33.8 Å². The fourth-order valence-corrected chi connectivity index (χ4v) is 2.09. The predicted molar refractivity (Wildman–Crippen MR) is 76.2 cm³/mol. The molecule has 0 atom stereocenters. The maximum atomic E-state index is 13.6. The van der Waals surface area contributed by atoms with Crippen LogP contribution in [0, 0.1) is 23.0 Å². The van der Waals surface area contributed by atoms with E-state index in [-0.39, 0.29) is 11.0 Å². The molecule has 19 heavy (non-hydrogen) atoms. The molecule has 0 radical (unpaired) electrons. The van der Waals surface area contributed by atoms with Crippen LogP contribution in [0.1, 0.15) is 39.7 Å². The van der Waals surface area contributed by atoms with Gasteiger partial charge < -0.3 is 5.32 Å². The Kier molecular flexibility index (Phi) is 5.92. The minimum absolute atomic E-state index is 0.118. The topological polar surface area (TPSA) is 12.0 Å². The zero-order valence-corrected chi connectivity index (χ0v) is 12.4. The van der Waals surface area contributed by atoms with Gasteiger partial charge in [0.05, 0.1) is 0 Å². The molecular formula is C16H25F2N. The lowest BCUT2D eigenvalue weighted by molar-refractivity contribution is 0.313. The molecule has 0 aliphatic carbocycles. The molecule has 1 N–H and O–H groups in total. The Bertz CT molecular complexity index is 379. The molecule has 3 heteroatoms. The van der Waals surface area contributed by atoms with E-state index in [1.54, 1.807) is 0 Å². The highest BCUT2D eigenvalue weighted by molar-refractivity contribution is 5.20. The quantitative estimate of drug-likeness (QED) is 0.733. The zero-order chi connectivity index (χ0) is 14.5. The summed E-state index contributed by atoms with van der Waals surface area (Å²) in [5.41, 5.74) is 0.0869. The maximum absolute atomic E-state index is 13.6. The van der Waals surface area contributed by atoms with Crippen molar-refractivity contribution in [2.45, 2.75) is 40.5 Å². The number of hydrogen-bond donors (Lipinski definition) is 1. The van der Waals surface area contributed by atoms with Gasteiger partial charge in [-0.25, -0.2) is 8.78 Å². The average Bonchev–Trinajstić information content (AvgIpc) is 2.30. The van der Waals surface area contributed by atoms with Gasteiger partial charge in [0.2, 0.25) is 0 Å². The van der Waals surface area contributed by atoms with Crippen molar-refractivity contribution in [1.82, 2.24) is 5.32 Å². The lowest BCUT2D eigenvalue weighted by atomic mass is 9.82. The van der Waals surface area contributed by atoms with E-state index in [9.17, 15) is 8.78 Å². The molecule has 0 aliphatic heterocycles. The van der Waals surface area contributed by atoms with Gasteiger partial charge in [-0.3, -0.25) is 0 Å². The van der Waals surface area contributed by atoms with Crippen molar-refractivity contribution in [2.75, 3.05) is 13.1 Å². The summed E-state index contributed by atoms with van der Waals surface area (Å²) in [6, 6.07) is 4.06. The van der Waals surface area contributed by atoms with E-state index < -0.39 is 11.6 Å². The summed E-state index contributed by atoms with van der Waals surface area (Å²) in [5, 5.41) is 3.37. The molecule has 0 unspecified atom stereocenters. The number of benzene rings is 1. The van der Waals surface area contributed by atoms with E-state index in [1.165, 1.54) is 18.2 Å². The molecule has 108 valence electrons. The molecule has 0 aromatic heterocycles. The van der Waals surface area contributed by atoms with Crippen molar-refractivity contribution in [3.63, 3.8) is 0 Å². The summed E-state index contributed by atoms with van der Waals surface area (Å²) < 4.78 is 27.2. The van der Waals surface area contributed by atoms with Crippen LogP contribution in [0.15, 0.2) is 18.2 Å². The van der Waals surface area contributed by atoms with Gasteiger partial charge in [0.25, 0.3) is 0 Å². The van der Waals surface area contributed by atoms with E-state index in [1.807, 2.05) is 0 Å². The van der Waals surface area contributed by atoms with Crippen LogP contribution in [0.2, 0.25) is 0 Å². The minimum atomic E-state index is -0.441. The SMILES string of the molecule is CC(C)CNCCC(C)(C)Cc1c(F)cccc1F. The highest BCUT2D eigenvalue weighted by Gasteiger charge is 2.22. The van der Waals surface area contributed by atoms with E-state index in [0.29, 0.717) is 12.3 Å². The molecule has 0 aliphatic rings. The molecule has 0 saturated heterocycles. The van der Waals surface area contributed by atoms with Crippen LogP contribution >= 0.6 is 0 Å². The molecule has 0 saturated carbocycles. The zero-order valence-electron chi connectivity index (χ0n) is 12.4. The highest BCUT2D eigenvalue weighted by atomic mass is 19.1. The molecule has 0 bridgehead atoms. The van der Waals surface area contributed by atoms with Crippen molar-refractivity contribution in [3.8, 4) is 0 Å². The van der Waals surface area contributed by atoms with Gasteiger partial charge in [0.15, 0.2) is 0 Å². The van der Waals surface area contributed by atoms with Crippen LogP contribution in [0.4, 0.5) is 8.78 Å². The summed E-state index contributed by atoms with van der Waals surface area (Å²) in [7, 11) is 0. The summed E-state index contributed by atoms with van der Waals surface area (Å²) in [6.45, 7) is 10.3. The van der Waals surface area contributed by atoms with Crippen molar-refractivity contribution in [1.29, 1.82) is 0 Å². The van der Waals surface area contributed by atoms with Crippen LogP contribution in [-0.2, 0) is 6.42 Å². The Morgan fingerprint density at radius 2 is 1.74 bits per heavy atom. The van der Waals surface area contributed by atoms with Crippen LogP contribution in [0.25, 0.3) is 0 Å². The van der Waals surface area contributed by atoms with Crippen LogP contribution < -0.4 is 5.32 Å². The highest BCUT2D eigenvalue weighted by Crippen LogP contribution is 2.28. The Morgan fingerprint density at radius 1 is 1.16 bits per heavy atom. The Hall–Kier alpha value is -0.960. The van der Waals surface area contributed by atoms with Gasteiger partial charge in [0, 0.05) is 5.56 Å². The lowest BCUT2D eigenvalue weighted by Gasteiger charge is -2.25. The van der Waals surface area contributed by atoms with E-state index in [2.05, 4.69) is 33.0 Å². The maximum Gasteiger partial charge on any atom is 0.129 e. The Labute approximate surface area is 115 Å². The standard InChI is InChI=1S/C16H25F2N/c1-12(2)11-19-9-8-16(3,4)10-13-14(17)6-5-7-15(13)18/h5-7,12,19H,8-11H2,1-4H3. The molecule has 1 aromatic carbocycles. The molecule has 0 heterocycles. The number of nitrogens with one attached hydrogen (secondary N) is 1. The first-order chi connectivity index (χ1) is 8.82. The molecular weight excluding hydrogens is 244 g/mol. The van der Waals surface area contributed by atoms with Crippen molar-refractivity contribution < 1.29 is 8.78 Å². The third kappa shape index (κ3) is 5.68. The molecule has 1 rings (SSSR count). The summed E-state index contributed by atoms with van der Waals surface area (Å²) in [5.74, 6) is -0.265. The van der Waals surface area contributed by atoms with Gasteiger partial charge >= 0.3 is 0 Å². The van der Waals surface area contributed by atoms with Gasteiger partial charge in [0.1, 0.15) is 11.6 Å². The van der Waals surface area contributed by atoms with Crippen LogP contribution in [0.5, 0.6) is 0 Å². The fraction of sp³-hybridized carbons (Fsp3) is 0.625. The molecule has 0 amide bonds. The second-order valence-corrected chi connectivity index (χ2v) is 6.39.